The summed E-state index contributed by atoms with van der Waals surface area (Å²) >= 11 is 1.55. The average Bonchev–Trinajstić information content (AvgIpc) is 3.25. The molecular formula is C18H20N2O4S2. The Hall–Kier alpha value is -2.16. The summed E-state index contributed by atoms with van der Waals surface area (Å²) < 4.78 is 38.4. The Labute approximate surface area is 156 Å². The highest BCUT2D eigenvalue weighted by Crippen LogP contribution is 2.26. The molecule has 0 radical (unpaired) electrons. The molecule has 3 rings (SSSR count). The molecule has 0 spiro atoms. The zero-order valence-corrected chi connectivity index (χ0v) is 16.4. The first-order valence-electron chi connectivity index (χ1n) is 8.05. The number of thiophene rings is 1. The molecule has 0 saturated heterocycles. The van der Waals surface area contributed by atoms with E-state index in [-0.39, 0.29) is 11.4 Å². The average molecular weight is 393 g/mol. The molecule has 0 fully saturated rings. The standard InChI is InChI=1S/C18H20N2O4S2/c1-12-11-14(6-7-16(12)23-3)26(21,22)19-9-8-15-13(2)24-18(20-15)17-5-4-10-25-17/h4-7,10-11,19H,8-9H2,1-3H3. The fourth-order valence-corrected chi connectivity index (χ4v) is 4.34. The number of ether oxygens (including phenoxy) is 1. The molecule has 0 bridgehead atoms. The second-order valence-corrected chi connectivity index (χ2v) is 8.49. The quantitative estimate of drug-likeness (QED) is 0.665. The van der Waals surface area contributed by atoms with E-state index in [2.05, 4.69) is 9.71 Å². The summed E-state index contributed by atoms with van der Waals surface area (Å²) in [7, 11) is -2.03. The number of rotatable bonds is 7. The van der Waals surface area contributed by atoms with Gasteiger partial charge in [-0.2, -0.15) is 0 Å². The van der Waals surface area contributed by atoms with Gasteiger partial charge >= 0.3 is 0 Å². The second-order valence-electron chi connectivity index (χ2n) is 5.78. The van der Waals surface area contributed by atoms with Crippen LogP contribution < -0.4 is 9.46 Å². The first kappa shape index (κ1) is 18.6. The van der Waals surface area contributed by atoms with Gasteiger partial charge < -0.3 is 9.15 Å². The summed E-state index contributed by atoms with van der Waals surface area (Å²) in [6.07, 6.45) is 0.453. The van der Waals surface area contributed by atoms with Crippen LogP contribution >= 0.6 is 11.3 Å². The van der Waals surface area contributed by atoms with Gasteiger partial charge in [0.2, 0.25) is 15.9 Å². The van der Waals surface area contributed by atoms with Crippen LogP contribution in [0, 0.1) is 13.8 Å². The smallest absolute Gasteiger partial charge is 0.240 e. The van der Waals surface area contributed by atoms with Crippen molar-refractivity contribution in [1.29, 1.82) is 0 Å². The number of oxazole rings is 1. The van der Waals surface area contributed by atoms with Gasteiger partial charge in [-0.15, -0.1) is 11.3 Å². The van der Waals surface area contributed by atoms with Crippen LogP contribution in [0.15, 0.2) is 45.0 Å². The molecule has 0 saturated carbocycles. The lowest BCUT2D eigenvalue weighted by Gasteiger charge is -2.09. The minimum absolute atomic E-state index is 0.215. The summed E-state index contributed by atoms with van der Waals surface area (Å²) in [5, 5.41) is 1.96. The van der Waals surface area contributed by atoms with Gasteiger partial charge in [0.15, 0.2) is 0 Å². The Balaban J connectivity index is 1.67. The lowest BCUT2D eigenvalue weighted by molar-refractivity contribution is 0.411. The van der Waals surface area contributed by atoms with Gasteiger partial charge in [-0.05, 0) is 49.1 Å². The third kappa shape index (κ3) is 3.98. The molecule has 0 aliphatic carbocycles. The summed E-state index contributed by atoms with van der Waals surface area (Å²) in [6, 6.07) is 8.65. The molecule has 0 amide bonds. The van der Waals surface area contributed by atoms with Gasteiger partial charge in [0.25, 0.3) is 0 Å². The maximum absolute atomic E-state index is 12.5. The van der Waals surface area contributed by atoms with Crippen LogP contribution in [0.3, 0.4) is 0 Å². The number of sulfonamides is 1. The topological polar surface area (TPSA) is 81.4 Å². The molecule has 1 aromatic carbocycles. The number of methoxy groups -OCH3 is 1. The van der Waals surface area contributed by atoms with E-state index in [9.17, 15) is 8.42 Å². The van der Waals surface area contributed by atoms with Crippen molar-refractivity contribution in [3.8, 4) is 16.5 Å². The van der Waals surface area contributed by atoms with Crippen LogP contribution in [0.1, 0.15) is 17.0 Å². The van der Waals surface area contributed by atoms with Gasteiger partial charge in [-0.25, -0.2) is 18.1 Å². The van der Waals surface area contributed by atoms with E-state index < -0.39 is 10.0 Å². The second kappa shape index (κ2) is 7.61. The molecule has 2 heterocycles. The Morgan fingerprint density at radius 1 is 1.27 bits per heavy atom. The third-order valence-electron chi connectivity index (χ3n) is 3.96. The molecule has 26 heavy (non-hydrogen) atoms. The van der Waals surface area contributed by atoms with Crippen molar-refractivity contribution < 1.29 is 17.6 Å². The highest BCUT2D eigenvalue weighted by molar-refractivity contribution is 7.89. The Morgan fingerprint density at radius 3 is 2.73 bits per heavy atom. The van der Waals surface area contributed by atoms with Crippen LogP contribution in [0.4, 0.5) is 0 Å². The normalized spacial score (nSPS) is 11.7. The summed E-state index contributed by atoms with van der Waals surface area (Å²) in [6.45, 7) is 3.88. The molecule has 2 aromatic heterocycles. The first-order chi connectivity index (χ1) is 12.4. The van der Waals surface area contributed by atoms with Crippen molar-refractivity contribution in [1.82, 2.24) is 9.71 Å². The molecule has 6 nitrogen and oxygen atoms in total. The molecular weight excluding hydrogens is 372 g/mol. The predicted octanol–water partition coefficient (Wildman–Crippen LogP) is 3.55. The molecule has 0 atom stereocenters. The Kier molecular flexibility index (Phi) is 5.45. The molecule has 1 N–H and O–H groups in total. The van der Waals surface area contributed by atoms with E-state index in [1.807, 2.05) is 31.4 Å². The van der Waals surface area contributed by atoms with Gasteiger partial charge in [-0.3, -0.25) is 0 Å². The zero-order valence-electron chi connectivity index (χ0n) is 14.8. The number of aryl methyl sites for hydroxylation is 2. The largest absolute Gasteiger partial charge is 0.496 e. The van der Waals surface area contributed by atoms with E-state index in [1.165, 1.54) is 6.07 Å². The molecule has 0 unspecified atom stereocenters. The van der Waals surface area contributed by atoms with Crippen LogP contribution in [0.2, 0.25) is 0 Å². The van der Waals surface area contributed by atoms with Gasteiger partial charge in [0.1, 0.15) is 11.5 Å². The highest BCUT2D eigenvalue weighted by atomic mass is 32.2. The molecule has 0 aliphatic heterocycles. The van der Waals surface area contributed by atoms with Crippen molar-refractivity contribution >= 4 is 21.4 Å². The van der Waals surface area contributed by atoms with E-state index in [4.69, 9.17) is 9.15 Å². The van der Waals surface area contributed by atoms with Crippen LogP contribution in [-0.2, 0) is 16.4 Å². The van der Waals surface area contributed by atoms with Crippen LogP contribution in [0.25, 0.3) is 10.8 Å². The van der Waals surface area contributed by atoms with Gasteiger partial charge in [0, 0.05) is 13.0 Å². The summed E-state index contributed by atoms with van der Waals surface area (Å²) in [5.41, 5.74) is 1.52. The number of nitrogens with zero attached hydrogens (tertiary/aromatic N) is 1. The predicted molar refractivity (Wildman–Crippen MR) is 101 cm³/mol. The minimum Gasteiger partial charge on any atom is -0.496 e. The number of nitrogens with one attached hydrogen (secondary N) is 1. The van der Waals surface area contributed by atoms with Crippen molar-refractivity contribution in [2.24, 2.45) is 0 Å². The fourth-order valence-electron chi connectivity index (χ4n) is 2.57. The van der Waals surface area contributed by atoms with E-state index >= 15 is 0 Å². The maximum atomic E-state index is 12.5. The van der Waals surface area contributed by atoms with Crippen LogP contribution in [0.5, 0.6) is 5.75 Å². The molecule has 138 valence electrons. The molecule has 0 aliphatic rings. The van der Waals surface area contributed by atoms with E-state index in [0.29, 0.717) is 23.8 Å². The fraction of sp³-hybridized carbons (Fsp3) is 0.278. The Morgan fingerprint density at radius 2 is 2.08 bits per heavy atom. The van der Waals surface area contributed by atoms with E-state index in [1.54, 1.807) is 30.6 Å². The monoisotopic (exact) mass is 392 g/mol. The number of hydrogen-bond donors (Lipinski definition) is 1. The molecule has 3 aromatic rings. The minimum atomic E-state index is -3.59. The van der Waals surface area contributed by atoms with E-state index in [0.717, 1.165) is 16.1 Å². The van der Waals surface area contributed by atoms with Gasteiger partial charge in [0.05, 0.1) is 22.6 Å². The number of benzene rings is 1. The van der Waals surface area contributed by atoms with Crippen LogP contribution in [-0.4, -0.2) is 27.1 Å². The Bertz CT molecular complexity index is 992. The third-order valence-corrected chi connectivity index (χ3v) is 6.27. The lowest BCUT2D eigenvalue weighted by Crippen LogP contribution is -2.26. The van der Waals surface area contributed by atoms with Crippen molar-refractivity contribution in [2.75, 3.05) is 13.7 Å². The number of hydrogen-bond acceptors (Lipinski definition) is 6. The maximum Gasteiger partial charge on any atom is 0.240 e. The van der Waals surface area contributed by atoms with Crippen molar-refractivity contribution in [3.63, 3.8) is 0 Å². The first-order valence-corrected chi connectivity index (χ1v) is 10.4. The molecule has 8 heteroatoms. The summed E-state index contributed by atoms with van der Waals surface area (Å²) in [5.74, 6) is 1.93. The van der Waals surface area contributed by atoms with Crippen molar-refractivity contribution in [3.05, 3.63) is 52.7 Å². The summed E-state index contributed by atoms with van der Waals surface area (Å²) in [4.78, 5) is 5.64. The zero-order chi connectivity index (χ0) is 18.7. The SMILES string of the molecule is COc1ccc(S(=O)(=O)NCCc2nc(-c3cccs3)oc2C)cc1C. The lowest BCUT2D eigenvalue weighted by atomic mass is 10.2. The van der Waals surface area contributed by atoms with Gasteiger partial charge in [-0.1, -0.05) is 6.07 Å². The number of aromatic nitrogens is 1. The highest BCUT2D eigenvalue weighted by Gasteiger charge is 2.17. The van der Waals surface area contributed by atoms with Crippen molar-refractivity contribution in [2.45, 2.75) is 25.2 Å².